The lowest BCUT2D eigenvalue weighted by molar-refractivity contribution is 0.0488. The third-order valence-corrected chi connectivity index (χ3v) is 3.59. The van der Waals surface area contributed by atoms with Crippen molar-refractivity contribution in [1.82, 2.24) is 5.32 Å². The van der Waals surface area contributed by atoms with Gasteiger partial charge < -0.3 is 15.4 Å². The molecule has 1 aromatic carbocycles. The van der Waals surface area contributed by atoms with Crippen LogP contribution in [0.25, 0.3) is 0 Å². The number of hydrogen-bond acceptors (Lipinski definition) is 3. The van der Waals surface area contributed by atoms with Gasteiger partial charge in [-0.25, -0.2) is 4.79 Å². The molecule has 0 spiro atoms. The fourth-order valence-corrected chi connectivity index (χ4v) is 2.68. The van der Waals surface area contributed by atoms with Gasteiger partial charge in [0.25, 0.3) is 0 Å². The molecule has 0 heterocycles. The number of hydrogen-bond donors (Lipinski definition) is 2. The second-order valence-electron chi connectivity index (χ2n) is 6.65. The molecule has 21 heavy (non-hydrogen) atoms. The zero-order valence-electron chi connectivity index (χ0n) is 13.2. The Kier molecular flexibility index (Phi) is 5.10. The van der Waals surface area contributed by atoms with E-state index >= 15 is 0 Å². The first-order chi connectivity index (χ1) is 9.94. The summed E-state index contributed by atoms with van der Waals surface area (Å²) in [5, 5.41) is 6.55. The average molecular weight is 290 g/mol. The van der Waals surface area contributed by atoms with Crippen LogP contribution >= 0.6 is 0 Å². The Bertz CT molecular complexity index is 454. The molecule has 1 saturated carbocycles. The van der Waals surface area contributed by atoms with E-state index in [0.717, 1.165) is 24.9 Å². The SMILES string of the molecule is CC(C)(C)OC(=O)N[C@@H]1CCCC[C@H]1Nc1ccccc1. The molecule has 1 fully saturated rings. The van der Waals surface area contributed by atoms with E-state index in [0.29, 0.717) is 0 Å². The fraction of sp³-hybridized carbons (Fsp3) is 0.588. The van der Waals surface area contributed by atoms with Crippen molar-refractivity contribution in [3.63, 3.8) is 0 Å². The van der Waals surface area contributed by atoms with Crippen LogP contribution in [-0.4, -0.2) is 23.8 Å². The molecule has 0 aliphatic heterocycles. The van der Waals surface area contributed by atoms with E-state index in [2.05, 4.69) is 22.8 Å². The van der Waals surface area contributed by atoms with Gasteiger partial charge in [0, 0.05) is 11.7 Å². The molecule has 0 aromatic heterocycles. The first-order valence-corrected chi connectivity index (χ1v) is 7.75. The number of amides is 1. The second kappa shape index (κ2) is 6.83. The van der Waals surface area contributed by atoms with Crippen LogP contribution in [0.3, 0.4) is 0 Å². The molecule has 0 radical (unpaired) electrons. The molecule has 2 atom stereocenters. The Morgan fingerprint density at radius 1 is 1.10 bits per heavy atom. The highest BCUT2D eigenvalue weighted by Crippen LogP contribution is 2.22. The molecule has 2 rings (SSSR count). The van der Waals surface area contributed by atoms with Crippen molar-refractivity contribution in [2.24, 2.45) is 0 Å². The van der Waals surface area contributed by atoms with Gasteiger partial charge in [0.1, 0.15) is 5.60 Å². The summed E-state index contributed by atoms with van der Waals surface area (Å²) in [6, 6.07) is 10.5. The van der Waals surface area contributed by atoms with E-state index < -0.39 is 5.60 Å². The Hall–Kier alpha value is -1.71. The lowest BCUT2D eigenvalue weighted by atomic mass is 9.90. The lowest BCUT2D eigenvalue weighted by Crippen LogP contribution is -2.49. The molecule has 0 saturated heterocycles. The molecule has 116 valence electrons. The molecule has 1 amide bonds. The van der Waals surface area contributed by atoms with Gasteiger partial charge in [0.15, 0.2) is 0 Å². The number of alkyl carbamates (subject to hydrolysis) is 1. The quantitative estimate of drug-likeness (QED) is 0.886. The first-order valence-electron chi connectivity index (χ1n) is 7.75. The highest BCUT2D eigenvalue weighted by Gasteiger charge is 2.28. The highest BCUT2D eigenvalue weighted by atomic mass is 16.6. The maximum atomic E-state index is 12.0. The molecule has 4 nitrogen and oxygen atoms in total. The van der Waals surface area contributed by atoms with Crippen LogP contribution in [0.2, 0.25) is 0 Å². The third kappa shape index (κ3) is 5.29. The Morgan fingerprint density at radius 2 is 1.71 bits per heavy atom. The minimum atomic E-state index is -0.457. The van der Waals surface area contributed by atoms with Gasteiger partial charge in [-0.1, -0.05) is 31.0 Å². The molecule has 2 N–H and O–H groups in total. The van der Waals surface area contributed by atoms with Crippen LogP contribution in [0.5, 0.6) is 0 Å². The minimum Gasteiger partial charge on any atom is -0.444 e. The van der Waals surface area contributed by atoms with E-state index in [1.165, 1.54) is 6.42 Å². The predicted molar refractivity (Wildman–Crippen MR) is 85.5 cm³/mol. The van der Waals surface area contributed by atoms with Crippen molar-refractivity contribution >= 4 is 11.8 Å². The molecular weight excluding hydrogens is 264 g/mol. The van der Waals surface area contributed by atoms with Crippen molar-refractivity contribution in [2.75, 3.05) is 5.32 Å². The molecule has 1 aliphatic rings. The largest absolute Gasteiger partial charge is 0.444 e. The van der Waals surface area contributed by atoms with Gasteiger partial charge >= 0.3 is 6.09 Å². The third-order valence-electron chi connectivity index (χ3n) is 3.59. The summed E-state index contributed by atoms with van der Waals surface area (Å²) >= 11 is 0. The normalized spacial score (nSPS) is 22.4. The molecule has 1 aliphatic carbocycles. The number of carbonyl (C=O) groups is 1. The summed E-state index contributed by atoms with van der Waals surface area (Å²) in [6.07, 6.45) is 4.07. The van der Waals surface area contributed by atoms with Gasteiger partial charge in [0.05, 0.1) is 6.04 Å². The van der Waals surface area contributed by atoms with Crippen LogP contribution in [0.4, 0.5) is 10.5 Å². The van der Waals surface area contributed by atoms with Crippen molar-refractivity contribution in [2.45, 2.75) is 64.1 Å². The second-order valence-corrected chi connectivity index (χ2v) is 6.65. The molecule has 0 unspecified atom stereocenters. The first kappa shape index (κ1) is 15.7. The van der Waals surface area contributed by atoms with Crippen LogP contribution in [0.1, 0.15) is 46.5 Å². The van der Waals surface area contributed by atoms with E-state index in [1.807, 2.05) is 39.0 Å². The Labute approximate surface area is 127 Å². The average Bonchev–Trinajstić information content (AvgIpc) is 2.40. The van der Waals surface area contributed by atoms with E-state index in [-0.39, 0.29) is 18.2 Å². The maximum Gasteiger partial charge on any atom is 0.407 e. The molecule has 1 aromatic rings. The number of nitrogens with one attached hydrogen (secondary N) is 2. The van der Waals surface area contributed by atoms with E-state index in [9.17, 15) is 4.79 Å². The summed E-state index contributed by atoms with van der Waals surface area (Å²) in [6.45, 7) is 5.65. The minimum absolute atomic E-state index is 0.119. The summed E-state index contributed by atoms with van der Waals surface area (Å²) in [5.41, 5.74) is 0.640. The van der Waals surface area contributed by atoms with Crippen LogP contribution in [0.15, 0.2) is 30.3 Å². The van der Waals surface area contributed by atoms with Crippen LogP contribution < -0.4 is 10.6 Å². The van der Waals surface area contributed by atoms with Crippen molar-refractivity contribution < 1.29 is 9.53 Å². The summed E-state index contributed by atoms with van der Waals surface area (Å²) < 4.78 is 5.36. The zero-order valence-corrected chi connectivity index (χ0v) is 13.2. The maximum absolute atomic E-state index is 12.0. The topological polar surface area (TPSA) is 50.4 Å². The molecule has 4 heteroatoms. The van der Waals surface area contributed by atoms with Crippen LogP contribution in [0, 0.1) is 0 Å². The lowest BCUT2D eigenvalue weighted by Gasteiger charge is -2.34. The Morgan fingerprint density at radius 3 is 2.33 bits per heavy atom. The zero-order chi connectivity index (χ0) is 15.3. The molecular formula is C17H26N2O2. The summed E-state index contributed by atoms with van der Waals surface area (Å²) in [4.78, 5) is 12.0. The van der Waals surface area contributed by atoms with Gasteiger partial charge in [-0.15, -0.1) is 0 Å². The van der Waals surface area contributed by atoms with Gasteiger partial charge in [0.2, 0.25) is 0 Å². The van der Waals surface area contributed by atoms with E-state index in [4.69, 9.17) is 4.74 Å². The fourth-order valence-electron chi connectivity index (χ4n) is 2.68. The van der Waals surface area contributed by atoms with Gasteiger partial charge in [-0.2, -0.15) is 0 Å². The van der Waals surface area contributed by atoms with Gasteiger partial charge in [-0.05, 0) is 45.7 Å². The predicted octanol–water partition coefficient (Wildman–Crippen LogP) is 3.93. The number of rotatable bonds is 3. The van der Waals surface area contributed by atoms with Crippen molar-refractivity contribution in [3.8, 4) is 0 Å². The number of ether oxygens (including phenoxy) is 1. The number of para-hydroxylation sites is 1. The standard InChI is InChI=1S/C17H26N2O2/c1-17(2,3)21-16(20)19-15-12-8-7-11-14(15)18-13-9-5-4-6-10-13/h4-6,9-10,14-15,18H,7-8,11-12H2,1-3H3,(H,19,20)/t14-,15-/m1/s1. The summed E-state index contributed by atoms with van der Waals surface area (Å²) in [7, 11) is 0. The Balaban J connectivity index is 1.94. The number of anilines is 1. The molecule has 0 bridgehead atoms. The van der Waals surface area contributed by atoms with Crippen LogP contribution in [-0.2, 0) is 4.74 Å². The number of carbonyl (C=O) groups excluding carboxylic acids is 1. The monoisotopic (exact) mass is 290 g/mol. The number of benzene rings is 1. The van der Waals surface area contributed by atoms with E-state index in [1.54, 1.807) is 0 Å². The van der Waals surface area contributed by atoms with Crippen molar-refractivity contribution in [3.05, 3.63) is 30.3 Å². The summed E-state index contributed by atoms with van der Waals surface area (Å²) in [5.74, 6) is 0. The highest BCUT2D eigenvalue weighted by molar-refractivity contribution is 5.68. The van der Waals surface area contributed by atoms with Gasteiger partial charge in [-0.3, -0.25) is 0 Å². The van der Waals surface area contributed by atoms with Crippen molar-refractivity contribution in [1.29, 1.82) is 0 Å². The smallest absolute Gasteiger partial charge is 0.407 e.